The first kappa shape index (κ1) is 16.7. The van der Waals surface area contributed by atoms with Gasteiger partial charge in [0.2, 0.25) is 0 Å². The highest BCUT2D eigenvalue weighted by molar-refractivity contribution is 9.10. The minimum atomic E-state index is -0.501. The van der Waals surface area contributed by atoms with E-state index in [0.29, 0.717) is 10.0 Å². The van der Waals surface area contributed by atoms with E-state index in [1.165, 1.54) is 29.2 Å². The van der Waals surface area contributed by atoms with Gasteiger partial charge in [-0.15, -0.1) is 0 Å². The lowest BCUT2D eigenvalue weighted by Crippen LogP contribution is -2.31. The van der Waals surface area contributed by atoms with E-state index in [0.717, 1.165) is 19.6 Å². The second-order valence-corrected chi connectivity index (χ2v) is 7.68. The van der Waals surface area contributed by atoms with Crippen LogP contribution in [0.2, 0.25) is 0 Å². The predicted molar refractivity (Wildman–Crippen MR) is 96.6 cm³/mol. The zero-order valence-electron chi connectivity index (χ0n) is 12.6. The lowest BCUT2D eigenvalue weighted by Gasteiger charge is -2.26. The van der Waals surface area contributed by atoms with Gasteiger partial charge in [0.1, 0.15) is 5.82 Å². The second kappa shape index (κ2) is 7.60. The van der Waals surface area contributed by atoms with Crippen LogP contribution in [0.15, 0.2) is 46.9 Å². The first-order valence-corrected chi connectivity index (χ1v) is 9.47. The molecule has 1 heterocycles. The number of thioether (sulfide) groups is 1. The first-order valence-electron chi connectivity index (χ1n) is 7.52. The van der Waals surface area contributed by atoms with Crippen LogP contribution >= 0.6 is 27.7 Å². The van der Waals surface area contributed by atoms with Crippen LogP contribution in [0.5, 0.6) is 0 Å². The number of carbonyl (C=O) groups excluding carboxylic acids is 1. The van der Waals surface area contributed by atoms with Crippen LogP contribution in [-0.4, -0.2) is 35.3 Å². The number of halogens is 2. The Bertz CT molecular complexity index is 699. The molecular weight excluding hydrogens is 377 g/mol. The first-order chi connectivity index (χ1) is 11.1. The maximum atomic E-state index is 13.9. The molecule has 0 spiro atoms. The van der Waals surface area contributed by atoms with Crippen LogP contribution < -0.4 is 0 Å². The van der Waals surface area contributed by atoms with Crippen LogP contribution in [0.3, 0.4) is 0 Å². The molecule has 0 unspecified atom stereocenters. The van der Waals surface area contributed by atoms with Crippen LogP contribution in [0.25, 0.3) is 0 Å². The Morgan fingerprint density at radius 2 is 1.83 bits per heavy atom. The van der Waals surface area contributed by atoms with Crippen molar-refractivity contribution in [2.45, 2.75) is 6.54 Å². The largest absolute Gasteiger partial charge is 0.297 e. The molecule has 0 aromatic heterocycles. The van der Waals surface area contributed by atoms with E-state index in [-0.39, 0.29) is 11.3 Å². The molecule has 2 aromatic carbocycles. The number of benzene rings is 2. The molecule has 1 aliphatic rings. The Morgan fingerprint density at radius 1 is 1.13 bits per heavy atom. The molecule has 3 rings (SSSR count). The van der Waals surface area contributed by atoms with E-state index in [1.54, 1.807) is 18.2 Å². The van der Waals surface area contributed by atoms with Gasteiger partial charge in [0.05, 0.1) is 5.56 Å². The third-order valence-corrected chi connectivity index (χ3v) is 5.34. The third kappa shape index (κ3) is 4.22. The van der Waals surface area contributed by atoms with E-state index in [9.17, 15) is 9.18 Å². The summed E-state index contributed by atoms with van der Waals surface area (Å²) in [5.41, 5.74) is 1.81. The van der Waals surface area contributed by atoms with Crippen molar-refractivity contribution < 1.29 is 9.18 Å². The van der Waals surface area contributed by atoms with E-state index >= 15 is 0 Å². The van der Waals surface area contributed by atoms with Gasteiger partial charge in [-0.1, -0.05) is 40.2 Å². The van der Waals surface area contributed by atoms with Gasteiger partial charge >= 0.3 is 0 Å². The fourth-order valence-electron chi connectivity index (χ4n) is 2.61. The van der Waals surface area contributed by atoms with E-state index in [4.69, 9.17) is 0 Å². The summed E-state index contributed by atoms with van der Waals surface area (Å²) in [6.07, 6.45) is 0. The van der Waals surface area contributed by atoms with Crippen molar-refractivity contribution >= 4 is 33.5 Å². The smallest absolute Gasteiger partial charge is 0.195 e. The van der Waals surface area contributed by atoms with Gasteiger partial charge in [-0.3, -0.25) is 9.69 Å². The standard InChI is InChI=1S/C18H17BrFNOS/c19-15-5-6-16(17(20)11-15)18(22)14-3-1-13(2-4-14)12-21-7-9-23-10-8-21/h1-6,11H,7-10,12H2. The molecule has 2 nitrogen and oxygen atoms in total. The molecule has 0 radical (unpaired) electrons. The number of nitrogens with zero attached hydrogens (tertiary/aromatic N) is 1. The van der Waals surface area contributed by atoms with Crippen LogP contribution in [-0.2, 0) is 6.54 Å². The van der Waals surface area contributed by atoms with E-state index in [2.05, 4.69) is 20.8 Å². The molecule has 0 amide bonds. The quantitative estimate of drug-likeness (QED) is 0.719. The molecule has 0 aliphatic carbocycles. The molecular formula is C18H17BrFNOS. The SMILES string of the molecule is O=C(c1ccc(CN2CCSCC2)cc1)c1ccc(Br)cc1F. The van der Waals surface area contributed by atoms with Crippen molar-refractivity contribution in [3.63, 3.8) is 0 Å². The van der Waals surface area contributed by atoms with Gasteiger partial charge in [-0.05, 0) is 23.8 Å². The summed E-state index contributed by atoms with van der Waals surface area (Å²) in [5.74, 6) is 1.58. The zero-order valence-corrected chi connectivity index (χ0v) is 15.0. The third-order valence-electron chi connectivity index (χ3n) is 3.90. The molecule has 1 fully saturated rings. The highest BCUT2D eigenvalue weighted by atomic mass is 79.9. The number of ketones is 1. The lowest BCUT2D eigenvalue weighted by atomic mass is 10.0. The molecule has 2 aromatic rings. The molecule has 0 atom stereocenters. The normalized spacial score (nSPS) is 15.6. The number of carbonyl (C=O) groups is 1. The minimum absolute atomic E-state index is 0.106. The van der Waals surface area contributed by atoms with Crippen LogP contribution in [0.4, 0.5) is 4.39 Å². The number of hydrogen-bond donors (Lipinski definition) is 0. The van der Waals surface area contributed by atoms with Gasteiger partial charge in [-0.25, -0.2) is 4.39 Å². The van der Waals surface area contributed by atoms with Crippen molar-refractivity contribution in [2.24, 2.45) is 0 Å². The predicted octanol–water partition coefficient (Wildman–Crippen LogP) is 4.37. The highest BCUT2D eigenvalue weighted by Gasteiger charge is 2.15. The van der Waals surface area contributed by atoms with Gasteiger partial charge in [-0.2, -0.15) is 11.8 Å². The summed E-state index contributed by atoms with van der Waals surface area (Å²) < 4.78 is 14.5. The van der Waals surface area contributed by atoms with Gasteiger partial charge < -0.3 is 0 Å². The van der Waals surface area contributed by atoms with Gasteiger partial charge in [0.15, 0.2) is 5.78 Å². The van der Waals surface area contributed by atoms with E-state index in [1.807, 2.05) is 23.9 Å². The summed E-state index contributed by atoms with van der Waals surface area (Å²) in [4.78, 5) is 14.8. The van der Waals surface area contributed by atoms with Crippen molar-refractivity contribution in [3.05, 3.63) is 69.4 Å². The maximum absolute atomic E-state index is 13.9. The van der Waals surface area contributed by atoms with Crippen LogP contribution in [0.1, 0.15) is 21.5 Å². The average Bonchev–Trinajstić information content (AvgIpc) is 2.56. The highest BCUT2D eigenvalue weighted by Crippen LogP contribution is 2.19. The van der Waals surface area contributed by atoms with Crippen molar-refractivity contribution in [2.75, 3.05) is 24.6 Å². The van der Waals surface area contributed by atoms with Crippen molar-refractivity contribution in [3.8, 4) is 0 Å². The van der Waals surface area contributed by atoms with E-state index < -0.39 is 5.82 Å². The summed E-state index contributed by atoms with van der Waals surface area (Å²) in [7, 11) is 0. The Labute approximate surface area is 148 Å². The summed E-state index contributed by atoms with van der Waals surface area (Å²) in [6.45, 7) is 3.12. The Hall–Kier alpha value is -1.17. The minimum Gasteiger partial charge on any atom is -0.297 e. The molecule has 1 aliphatic heterocycles. The Morgan fingerprint density at radius 3 is 2.48 bits per heavy atom. The molecule has 0 N–H and O–H groups in total. The Balaban J connectivity index is 1.72. The van der Waals surface area contributed by atoms with Crippen molar-refractivity contribution in [1.29, 1.82) is 0 Å². The topological polar surface area (TPSA) is 20.3 Å². The zero-order chi connectivity index (χ0) is 16.2. The van der Waals surface area contributed by atoms with Gasteiger partial charge in [0.25, 0.3) is 0 Å². The second-order valence-electron chi connectivity index (χ2n) is 5.54. The number of rotatable bonds is 4. The molecule has 1 saturated heterocycles. The summed E-state index contributed by atoms with van der Waals surface area (Å²) in [6, 6.07) is 12.0. The van der Waals surface area contributed by atoms with Crippen LogP contribution in [0, 0.1) is 5.82 Å². The fourth-order valence-corrected chi connectivity index (χ4v) is 3.92. The Kier molecular flexibility index (Phi) is 5.51. The summed E-state index contributed by atoms with van der Waals surface area (Å²) in [5, 5.41) is 0. The maximum Gasteiger partial charge on any atom is 0.195 e. The fraction of sp³-hybridized carbons (Fsp3) is 0.278. The molecule has 120 valence electrons. The summed E-state index contributed by atoms with van der Waals surface area (Å²) >= 11 is 5.19. The van der Waals surface area contributed by atoms with Crippen molar-refractivity contribution in [1.82, 2.24) is 4.90 Å². The molecule has 0 bridgehead atoms. The average molecular weight is 394 g/mol. The lowest BCUT2D eigenvalue weighted by molar-refractivity contribution is 0.103. The molecule has 0 saturated carbocycles. The number of hydrogen-bond acceptors (Lipinski definition) is 3. The molecule has 23 heavy (non-hydrogen) atoms. The van der Waals surface area contributed by atoms with Gasteiger partial charge in [0, 0.05) is 41.2 Å². The molecule has 5 heteroatoms. The monoisotopic (exact) mass is 393 g/mol.